The highest BCUT2D eigenvalue weighted by molar-refractivity contribution is 7.96. The van der Waals surface area contributed by atoms with Crippen LogP contribution >= 0.6 is 7.26 Å². The SMILES string of the molecule is CCCNC(=O)c1ccc([P+](CC(C)=O)(c2ccccc2)c2ccccc2)cc1. The zero-order valence-electron chi connectivity index (χ0n) is 17.0. The van der Waals surface area contributed by atoms with Gasteiger partial charge < -0.3 is 5.32 Å². The summed E-state index contributed by atoms with van der Waals surface area (Å²) in [6.45, 7) is 4.35. The number of rotatable bonds is 8. The highest BCUT2D eigenvalue weighted by Crippen LogP contribution is 2.55. The molecule has 3 aromatic rings. The molecule has 3 rings (SSSR count). The van der Waals surface area contributed by atoms with Gasteiger partial charge in [0.1, 0.15) is 29.3 Å². The van der Waals surface area contributed by atoms with Crippen LogP contribution in [0.3, 0.4) is 0 Å². The molecule has 1 N–H and O–H groups in total. The van der Waals surface area contributed by atoms with Gasteiger partial charge >= 0.3 is 0 Å². The largest absolute Gasteiger partial charge is 0.352 e. The zero-order chi connectivity index (χ0) is 20.7. The highest BCUT2D eigenvalue weighted by Gasteiger charge is 2.46. The monoisotopic (exact) mass is 404 g/mol. The second-order valence-corrected chi connectivity index (χ2v) is 10.6. The number of ketones is 1. The van der Waals surface area contributed by atoms with E-state index in [0.29, 0.717) is 18.3 Å². The van der Waals surface area contributed by atoms with E-state index in [1.165, 1.54) is 10.6 Å². The number of carbonyl (C=O) groups is 2. The van der Waals surface area contributed by atoms with Gasteiger partial charge in [0, 0.05) is 12.1 Å². The van der Waals surface area contributed by atoms with Crippen molar-refractivity contribution in [3.63, 3.8) is 0 Å². The van der Waals surface area contributed by atoms with Crippen LogP contribution in [0.2, 0.25) is 0 Å². The molecule has 0 unspecified atom stereocenters. The fourth-order valence-electron chi connectivity index (χ4n) is 3.63. The van der Waals surface area contributed by atoms with Gasteiger partial charge in [-0.15, -0.1) is 0 Å². The Kier molecular flexibility index (Phi) is 6.95. The van der Waals surface area contributed by atoms with Crippen molar-refractivity contribution >= 4 is 34.9 Å². The molecule has 0 spiro atoms. The van der Waals surface area contributed by atoms with Crippen LogP contribution in [0.15, 0.2) is 84.9 Å². The summed E-state index contributed by atoms with van der Waals surface area (Å²) in [5.74, 6) is 0.101. The van der Waals surface area contributed by atoms with Crippen LogP contribution in [-0.4, -0.2) is 24.4 Å². The molecule has 29 heavy (non-hydrogen) atoms. The molecule has 0 radical (unpaired) electrons. The number of hydrogen-bond donors (Lipinski definition) is 1. The van der Waals surface area contributed by atoms with Crippen LogP contribution in [0.25, 0.3) is 0 Å². The number of amides is 1. The Hall–Kier alpha value is -2.77. The number of nitrogens with one attached hydrogen (secondary N) is 1. The first-order chi connectivity index (χ1) is 14.1. The van der Waals surface area contributed by atoms with Gasteiger partial charge in [0.2, 0.25) is 0 Å². The van der Waals surface area contributed by atoms with E-state index in [1.807, 2.05) is 67.6 Å². The van der Waals surface area contributed by atoms with Crippen LogP contribution < -0.4 is 21.2 Å². The van der Waals surface area contributed by atoms with Gasteiger partial charge in [0.05, 0.1) is 0 Å². The number of carbonyl (C=O) groups excluding carboxylic acids is 2. The van der Waals surface area contributed by atoms with Crippen LogP contribution in [0.4, 0.5) is 0 Å². The minimum Gasteiger partial charge on any atom is -0.352 e. The molecule has 3 aromatic carbocycles. The first kappa shape index (κ1) is 21.0. The van der Waals surface area contributed by atoms with E-state index in [0.717, 1.165) is 11.7 Å². The van der Waals surface area contributed by atoms with E-state index >= 15 is 0 Å². The Morgan fingerprint density at radius 3 is 1.69 bits per heavy atom. The molecule has 0 atom stereocenters. The summed E-state index contributed by atoms with van der Waals surface area (Å²) in [5.41, 5.74) is 0.643. The predicted octanol–water partition coefficient (Wildman–Crippen LogP) is 3.71. The lowest BCUT2D eigenvalue weighted by atomic mass is 10.2. The molecule has 0 fully saturated rings. The lowest BCUT2D eigenvalue weighted by Crippen LogP contribution is -2.35. The van der Waals surface area contributed by atoms with Crippen molar-refractivity contribution < 1.29 is 9.59 Å². The standard InChI is InChI=1S/C25H26NO2P/c1-3-18-26-25(28)21-14-16-24(17-15-21)29(19-20(2)27,22-10-6-4-7-11-22)23-12-8-5-9-13-23/h4-17H,3,18-19H2,1-2H3/p+1. The van der Waals surface area contributed by atoms with Crippen molar-refractivity contribution in [1.82, 2.24) is 5.32 Å². The molecule has 4 heteroatoms. The second-order valence-electron chi connectivity index (χ2n) is 7.14. The summed E-state index contributed by atoms with van der Waals surface area (Å²) in [6, 6.07) is 28.4. The van der Waals surface area contributed by atoms with Crippen LogP contribution in [0.1, 0.15) is 30.6 Å². The van der Waals surface area contributed by atoms with Crippen molar-refractivity contribution in [2.45, 2.75) is 20.3 Å². The van der Waals surface area contributed by atoms with Gasteiger partial charge in [-0.05, 0) is 61.9 Å². The Morgan fingerprint density at radius 1 is 0.759 bits per heavy atom. The maximum absolute atomic E-state index is 12.4. The lowest BCUT2D eigenvalue weighted by molar-refractivity contribution is -0.114. The van der Waals surface area contributed by atoms with Gasteiger partial charge in [-0.3, -0.25) is 9.59 Å². The van der Waals surface area contributed by atoms with E-state index in [1.54, 1.807) is 6.92 Å². The minimum absolute atomic E-state index is 0.0617. The van der Waals surface area contributed by atoms with Gasteiger partial charge in [-0.2, -0.15) is 0 Å². The molecule has 0 saturated carbocycles. The third-order valence-corrected chi connectivity index (χ3v) is 9.42. The highest BCUT2D eigenvalue weighted by atomic mass is 31.2. The number of hydrogen-bond acceptors (Lipinski definition) is 2. The van der Waals surface area contributed by atoms with Gasteiger partial charge in [0.25, 0.3) is 5.91 Å². The molecule has 0 aliphatic rings. The van der Waals surface area contributed by atoms with Gasteiger partial charge in [-0.25, -0.2) is 0 Å². The maximum atomic E-state index is 12.4. The van der Waals surface area contributed by atoms with E-state index < -0.39 is 7.26 Å². The Balaban J connectivity index is 2.15. The lowest BCUT2D eigenvalue weighted by Gasteiger charge is -2.26. The molecule has 1 amide bonds. The molecular weight excluding hydrogens is 377 g/mol. The fourth-order valence-corrected chi connectivity index (χ4v) is 7.76. The molecule has 0 bridgehead atoms. The van der Waals surface area contributed by atoms with Crippen molar-refractivity contribution in [3.8, 4) is 0 Å². The Bertz CT molecular complexity index is 914. The quantitative estimate of drug-likeness (QED) is 0.582. The summed E-state index contributed by atoms with van der Waals surface area (Å²) in [4.78, 5) is 24.8. The second kappa shape index (κ2) is 9.62. The Labute approximate surface area is 173 Å². The van der Waals surface area contributed by atoms with E-state index in [9.17, 15) is 9.59 Å². The molecule has 148 valence electrons. The molecule has 0 heterocycles. The van der Waals surface area contributed by atoms with Crippen molar-refractivity contribution in [1.29, 1.82) is 0 Å². The summed E-state index contributed by atoms with van der Waals surface area (Å²) in [6.07, 6.45) is 1.36. The summed E-state index contributed by atoms with van der Waals surface area (Å²) >= 11 is 0. The maximum Gasteiger partial charge on any atom is 0.251 e. The van der Waals surface area contributed by atoms with Crippen LogP contribution in [0.5, 0.6) is 0 Å². The van der Waals surface area contributed by atoms with Gasteiger partial charge in [0.15, 0.2) is 5.78 Å². The molecule has 0 saturated heterocycles. The minimum atomic E-state index is -2.16. The molecular formula is C25H27NO2P+. The molecule has 0 aromatic heterocycles. The first-order valence-corrected chi connectivity index (χ1v) is 11.9. The van der Waals surface area contributed by atoms with Crippen LogP contribution in [0, 0.1) is 0 Å². The zero-order valence-corrected chi connectivity index (χ0v) is 17.9. The summed E-state index contributed by atoms with van der Waals surface area (Å²) in [7, 11) is -2.16. The first-order valence-electron chi connectivity index (χ1n) is 9.95. The third kappa shape index (κ3) is 4.63. The summed E-state index contributed by atoms with van der Waals surface area (Å²) in [5, 5.41) is 6.37. The number of Topliss-reactive ketones (excluding diaryl/α,β-unsaturated/α-hetero) is 1. The average molecular weight is 404 g/mol. The smallest absolute Gasteiger partial charge is 0.251 e. The van der Waals surface area contributed by atoms with Crippen molar-refractivity contribution in [2.75, 3.05) is 12.7 Å². The number of benzene rings is 3. The van der Waals surface area contributed by atoms with E-state index in [4.69, 9.17) is 0 Å². The van der Waals surface area contributed by atoms with E-state index in [2.05, 4.69) is 29.6 Å². The molecule has 0 aliphatic carbocycles. The van der Waals surface area contributed by atoms with E-state index in [-0.39, 0.29) is 11.7 Å². The summed E-state index contributed by atoms with van der Waals surface area (Å²) < 4.78 is 0. The normalized spacial score (nSPS) is 11.1. The Morgan fingerprint density at radius 2 is 1.24 bits per heavy atom. The molecule has 3 nitrogen and oxygen atoms in total. The fraction of sp³-hybridized carbons (Fsp3) is 0.200. The average Bonchev–Trinajstić information content (AvgIpc) is 2.77. The van der Waals surface area contributed by atoms with Crippen molar-refractivity contribution in [3.05, 3.63) is 90.5 Å². The van der Waals surface area contributed by atoms with Crippen LogP contribution in [-0.2, 0) is 4.79 Å². The van der Waals surface area contributed by atoms with Gasteiger partial charge in [-0.1, -0.05) is 43.3 Å². The van der Waals surface area contributed by atoms with Crippen molar-refractivity contribution in [2.24, 2.45) is 0 Å². The predicted molar refractivity (Wildman–Crippen MR) is 123 cm³/mol. The topological polar surface area (TPSA) is 46.2 Å². The molecule has 0 aliphatic heterocycles. The third-order valence-electron chi connectivity index (χ3n) is 4.96.